The number of aryl methyl sites for hydroxylation is 3. The van der Waals surface area contributed by atoms with Crippen molar-refractivity contribution in [2.24, 2.45) is 0 Å². The van der Waals surface area contributed by atoms with E-state index in [1.807, 2.05) is 32.0 Å². The van der Waals surface area contributed by atoms with E-state index in [9.17, 15) is 8.42 Å². The molecule has 1 aliphatic rings. The third-order valence-corrected chi connectivity index (χ3v) is 6.64. The van der Waals surface area contributed by atoms with Crippen LogP contribution in [-0.2, 0) is 16.4 Å². The minimum Gasteiger partial charge on any atom is -0.474 e. The van der Waals surface area contributed by atoms with Crippen molar-refractivity contribution in [3.63, 3.8) is 0 Å². The van der Waals surface area contributed by atoms with Gasteiger partial charge in [-0.1, -0.05) is 25.5 Å². The molecular formula is C20H27N3O3S. The monoisotopic (exact) mass is 389 g/mol. The predicted octanol–water partition coefficient (Wildman–Crippen LogP) is 3.28. The first-order valence-corrected chi connectivity index (χ1v) is 10.9. The second kappa shape index (κ2) is 8.35. The molecule has 7 heteroatoms. The fourth-order valence-corrected chi connectivity index (χ4v) is 4.84. The molecule has 146 valence electrons. The van der Waals surface area contributed by atoms with Gasteiger partial charge in [-0.05, 0) is 50.8 Å². The van der Waals surface area contributed by atoms with Gasteiger partial charge in [0.1, 0.15) is 11.9 Å². The van der Waals surface area contributed by atoms with Gasteiger partial charge in [-0.25, -0.2) is 13.4 Å². The van der Waals surface area contributed by atoms with Gasteiger partial charge in [0.15, 0.2) is 0 Å². The highest BCUT2D eigenvalue weighted by atomic mass is 32.2. The SMILES string of the molecule is CCCc1ccc(S(=O)(=O)N2CCC(Oc3cc(C)nc(C)n3)CC2)cc1. The average Bonchev–Trinajstić information content (AvgIpc) is 2.62. The Bertz CT molecular complexity index is 854. The highest BCUT2D eigenvalue weighted by molar-refractivity contribution is 7.89. The fourth-order valence-electron chi connectivity index (χ4n) is 3.37. The van der Waals surface area contributed by atoms with Crippen LogP contribution in [0.1, 0.15) is 43.3 Å². The molecule has 0 bridgehead atoms. The van der Waals surface area contributed by atoms with Crippen molar-refractivity contribution in [2.75, 3.05) is 13.1 Å². The molecule has 0 amide bonds. The Morgan fingerprint density at radius 3 is 2.37 bits per heavy atom. The van der Waals surface area contributed by atoms with Crippen LogP contribution in [0.2, 0.25) is 0 Å². The molecule has 1 aromatic carbocycles. The first-order chi connectivity index (χ1) is 12.9. The first-order valence-electron chi connectivity index (χ1n) is 9.46. The average molecular weight is 390 g/mol. The number of hydrogen-bond donors (Lipinski definition) is 0. The molecule has 3 rings (SSSR count). The van der Waals surface area contributed by atoms with Gasteiger partial charge >= 0.3 is 0 Å². The zero-order valence-corrected chi connectivity index (χ0v) is 17.0. The smallest absolute Gasteiger partial charge is 0.243 e. The van der Waals surface area contributed by atoms with Crippen molar-refractivity contribution in [2.45, 2.75) is 57.5 Å². The number of aromatic nitrogens is 2. The Balaban J connectivity index is 1.62. The van der Waals surface area contributed by atoms with Crippen LogP contribution in [0.25, 0.3) is 0 Å². The summed E-state index contributed by atoms with van der Waals surface area (Å²) in [5, 5.41) is 0. The molecule has 27 heavy (non-hydrogen) atoms. The first kappa shape index (κ1) is 19.8. The van der Waals surface area contributed by atoms with Gasteiger partial charge < -0.3 is 4.74 Å². The van der Waals surface area contributed by atoms with E-state index in [4.69, 9.17) is 4.74 Å². The lowest BCUT2D eigenvalue weighted by Gasteiger charge is -2.31. The number of nitrogens with zero attached hydrogens (tertiary/aromatic N) is 3. The number of ether oxygens (including phenoxy) is 1. The minimum atomic E-state index is -3.45. The van der Waals surface area contributed by atoms with Crippen LogP contribution in [0.3, 0.4) is 0 Å². The highest BCUT2D eigenvalue weighted by Gasteiger charge is 2.30. The molecule has 1 aliphatic heterocycles. The second-order valence-corrected chi connectivity index (χ2v) is 8.95. The van der Waals surface area contributed by atoms with E-state index in [-0.39, 0.29) is 6.10 Å². The summed E-state index contributed by atoms with van der Waals surface area (Å²) in [6.45, 7) is 6.75. The Morgan fingerprint density at radius 1 is 1.11 bits per heavy atom. The molecule has 1 fully saturated rings. The van der Waals surface area contributed by atoms with Gasteiger partial charge in [-0.15, -0.1) is 0 Å². The summed E-state index contributed by atoms with van der Waals surface area (Å²) in [4.78, 5) is 8.91. The molecule has 0 unspecified atom stereocenters. The lowest BCUT2D eigenvalue weighted by molar-refractivity contribution is 0.129. The summed E-state index contributed by atoms with van der Waals surface area (Å²) < 4.78 is 33.3. The van der Waals surface area contributed by atoms with E-state index in [0.29, 0.717) is 42.5 Å². The molecular weight excluding hydrogens is 362 g/mol. The second-order valence-electron chi connectivity index (χ2n) is 7.01. The summed E-state index contributed by atoms with van der Waals surface area (Å²) in [6, 6.07) is 9.07. The van der Waals surface area contributed by atoms with Gasteiger partial charge in [0, 0.05) is 24.8 Å². The van der Waals surface area contributed by atoms with Crippen LogP contribution >= 0.6 is 0 Å². The molecule has 0 atom stereocenters. The van der Waals surface area contributed by atoms with Crippen LogP contribution in [0.5, 0.6) is 5.88 Å². The summed E-state index contributed by atoms with van der Waals surface area (Å²) in [5.74, 6) is 1.24. The summed E-state index contributed by atoms with van der Waals surface area (Å²) >= 11 is 0. The van der Waals surface area contributed by atoms with Crippen molar-refractivity contribution in [1.29, 1.82) is 0 Å². The highest BCUT2D eigenvalue weighted by Crippen LogP contribution is 2.24. The summed E-state index contributed by atoms with van der Waals surface area (Å²) in [6.07, 6.45) is 3.28. The molecule has 0 spiro atoms. The van der Waals surface area contributed by atoms with Gasteiger partial charge in [0.2, 0.25) is 15.9 Å². The van der Waals surface area contributed by atoms with E-state index in [1.54, 1.807) is 16.4 Å². The zero-order valence-electron chi connectivity index (χ0n) is 16.2. The number of benzene rings is 1. The van der Waals surface area contributed by atoms with Gasteiger partial charge in [-0.3, -0.25) is 0 Å². The van der Waals surface area contributed by atoms with Gasteiger partial charge in [0.25, 0.3) is 0 Å². The lowest BCUT2D eigenvalue weighted by atomic mass is 10.1. The van der Waals surface area contributed by atoms with Crippen LogP contribution in [0, 0.1) is 13.8 Å². The number of piperidine rings is 1. The van der Waals surface area contributed by atoms with Crippen LogP contribution < -0.4 is 4.74 Å². The van der Waals surface area contributed by atoms with Crippen molar-refractivity contribution in [3.8, 4) is 5.88 Å². The predicted molar refractivity (Wildman–Crippen MR) is 104 cm³/mol. The lowest BCUT2D eigenvalue weighted by Crippen LogP contribution is -2.41. The van der Waals surface area contributed by atoms with Crippen LogP contribution in [0.4, 0.5) is 0 Å². The van der Waals surface area contributed by atoms with E-state index < -0.39 is 10.0 Å². The van der Waals surface area contributed by atoms with Crippen LogP contribution in [-0.4, -0.2) is 41.9 Å². The van der Waals surface area contributed by atoms with E-state index >= 15 is 0 Å². The minimum absolute atomic E-state index is 0.0305. The normalized spacial score (nSPS) is 16.4. The van der Waals surface area contributed by atoms with Crippen molar-refractivity contribution >= 4 is 10.0 Å². The largest absolute Gasteiger partial charge is 0.474 e. The van der Waals surface area contributed by atoms with Gasteiger partial charge in [0.05, 0.1) is 4.90 Å². The Morgan fingerprint density at radius 2 is 1.78 bits per heavy atom. The summed E-state index contributed by atoms with van der Waals surface area (Å²) in [7, 11) is -3.45. The quantitative estimate of drug-likeness (QED) is 0.758. The van der Waals surface area contributed by atoms with Crippen LogP contribution in [0.15, 0.2) is 35.2 Å². The third kappa shape index (κ3) is 4.84. The maximum absolute atomic E-state index is 12.9. The Labute approximate surface area is 161 Å². The topological polar surface area (TPSA) is 72.4 Å². The number of hydrogen-bond acceptors (Lipinski definition) is 5. The Kier molecular flexibility index (Phi) is 6.11. The maximum atomic E-state index is 12.9. The van der Waals surface area contributed by atoms with E-state index in [2.05, 4.69) is 16.9 Å². The van der Waals surface area contributed by atoms with E-state index in [1.165, 1.54) is 5.56 Å². The standard InChI is InChI=1S/C20H27N3O3S/c1-4-5-17-6-8-19(9-7-17)27(24,25)23-12-10-18(11-13-23)26-20-14-15(2)21-16(3)22-20/h6-9,14,18H,4-5,10-13H2,1-3H3. The summed E-state index contributed by atoms with van der Waals surface area (Å²) in [5.41, 5.74) is 2.03. The third-order valence-electron chi connectivity index (χ3n) is 4.73. The van der Waals surface area contributed by atoms with Crippen molar-refractivity contribution < 1.29 is 13.2 Å². The molecule has 1 aromatic heterocycles. The van der Waals surface area contributed by atoms with Gasteiger partial charge in [-0.2, -0.15) is 9.29 Å². The van der Waals surface area contributed by atoms with Crippen molar-refractivity contribution in [1.82, 2.24) is 14.3 Å². The number of sulfonamides is 1. The molecule has 2 heterocycles. The maximum Gasteiger partial charge on any atom is 0.243 e. The fraction of sp³-hybridized carbons (Fsp3) is 0.500. The number of rotatable bonds is 6. The van der Waals surface area contributed by atoms with Crippen molar-refractivity contribution in [3.05, 3.63) is 47.4 Å². The molecule has 0 N–H and O–H groups in total. The molecule has 6 nitrogen and oxygen atoms in total. The molecule has 0 saturated carbocycles. The molecule has 1 saturated heterocycles. The molecule has 0 aliphatic carbocycles. The Hall–Kier alpha value is -1.99. The molecule has 0 radical (unpaired) electrons. The van der Waals surface area contributed by atoms with E-state index in [0.717, 1.165) is 18.5 Å². The molecule has 2 aromatic rings. The zero-order chi connectivity index (χ0) is 19.4.